The summed E-state index contributed by atoms with van der Waals surface area (Å²) in [6.45, 7) is 3.32. The van der Waals surface area contributed by atoms with Crippen LogP contribution in [0.15, 0.2) is 48.7 Å². The highest BCUT2D eigenvalue weighted by Gasteiger charge is 2.27. The van der Waals surface area contributed by atoms with E-state index in [-0.39, 0.29) is 11.8 Å². The molecule has 1 fully saturated rings. The number of rotatable bonds is 5. The number of benzene rings is 2. The number of imide groups is 1. The molecule has 0 aromatic heterocycles. The molecule has 0 aliphatic carbocycles. The third-order valence-corrected chi connectivity index (χ3v) is 6.51. The normalized spacial score (nSPS) is 18.3. The van der Waals surface area contributed by atoms with E-state index in [0.29, 0.717) is 16.7 Å². The number of anilines is 2. The molecule has 0 radical (unpaired) electrons. The molecule has 31 heavy (non-hydrogen) atoms. The first-order valence-electron chi connectivity index (χ1n) is 10.5. The maximum Gasteiger partial charge on any atom is 0.260 e. The molecule has 4 rings (SSSR count). The Morgan fingerprint density at radius 3 is 2.45 bits per heavy atom. The summed E-state index contributed by atoms with van der Waals surface area (Å²) in [4.78, 5) is 29.2. The molecular formula is C24H27IN4O2. The van der Waals surface area contributed by atoms with Crippen LogP contribution in [0.5, 0.6) is 0 Å². The Bertz CT molecular complexity index is 1010. The van der Waals surface area contributed by atoms with Gasteiger partial charge < -0.3 is 15.1 Å². The van der Waals surface area contributed by atoms with Gasteiger partial charge in [0, 0.05) is 51.9 Å². The van der Waals surface area contributed by atoms with E-state index in [9.17, 15) is 9.59 Å². The summed E-state index contributed by atoms with van der Waals surface area (Å²) >= 11 is 2.18. The molecule has 0 spiro atoms. The summed E-state index contributed by atoms with van der Waals surface area (Å²) in [7, 11) is 4.28. The van der Waals surface area contributed by atoms with Gasteiger partial charge in [-0.2, -0.15) is 0 Å². The van der Waals surface area contributed by atoms with E-state index in [1.165, 1.54) is 18.5 Å². The second kappa shape index (κ2) is 9.40. The lowest BCUT2D eigenvalue weighted by atomic mass is 9.95. The maximum atomic E-state index is 12.4. The first-order valence-corrected chi connectivity index (χ1v) is 11.6. The van der Waals surface area contributed by atoms with Gasteiger partial charge >= 0.3 is 0 Å². The fourth-order valence-electron chi connectivity index (χ4n) is 4.25. The Morgan fingerprint density at radius 1 is 1.06 bits per heavy atom. The van der Waals surface area contributed by atoms with Gasteiger partial charge in [0.25, 0.3) is 11.8 Å². The Hall–Kier alpha value is -2.39. The van der Waals surface area contributed by atoms with Gasteiger partial charge in [-0.1, -0.05) is 0 Å². The van der Waals surface area contributed by atoms with E-state index in [0.717, 1.165) is 34.8 Å². The number of carbonyl (C=O) groups is 2. The van der Waals surface area contributed by atoms with Gasteiger partial charge in [0.05, 0.1) is 5.57 Å². The number of piperidine rings is 1. The summed E-state index contributed by atoms with van der Waals surface area (Å²) in [5.41, 5.74) is 3.75. The molecule has 0 atom stereocenters. The number of amides is 2. The highest BCUT2D eigenvalue weighted by molar-refractivity contribution is 14.1. The standard InChI is InChI=1S/C24H27IN4O2/c1-28(2)15-16-9-11-29(12-10-16)19-6-4-18(5-7-19)26-14-22-21-13-17(25)3-8-20(21)23(30)27-24(22)31/h3-8,13-14,16,26H,9-12,15H2,1-2H3,(H,27,30,31). The second-order valence-electron chi connectivity index (χ2n) is 8.42. The smallest absolute Gasteiger partial charge is 0.260 e. The van der Waals surface area contributed by atoms with Gasteiger partial charge in [0.15, 0.2) is 0 Å². The topological polar surface area (TPSA) is 64.7 Å². The molecule has 2 aromatic carbocycles. The molecule has 6 nitrogen and oxygen atoms in total. The molecule has 2 aromatic rings. The van der Waals surface area contributed by atoms with E-state index in [1.54, 1.807) is 12.3 Å². The molecule has 2 aliphatic heterocycles. The third kappa shape index (κ3) is 5.10. The van der Waals surface area contributed by atoms with Crippen molar-refractivity contribution >= 4 is 51.4 Å². The van der Waals surface area contributed by atoms with Crippen LogP contribution in [0.1, 0.15) is 28.8 Å². The van der Waals surface area contributed by atoms with Crippen molar-refractivity contribution in [3.63, 3.8) is 0 Å². The van der Waals surface area contributed by atoms with Crippen LogP contribution in [0.2, 0.25) is 0 Å². The van der Waals surface area contributed by atoms with Gasteiger partial charge in [-0.3, -0.25) is 14.9 Å². The van der Waals surface area contributed by atoms with Gasteiger partial charge in [-0.25, -0.2) is 0 Å². The fourth-order valence-corrected chi connectivity index (χ4v) is 4.75. The third-order valence-electron chi connectivity index (χ3n) is 5.84. The summed E-state index contributed by atoms with van der Waals surface area (Å²) in [6, 6.07) is 13.8. The van der Waals surface area contributed by atoms with Crippen LogP contribution < -0.4 is 15.5 Å². The Morgan fingerprint density at radius 2 is 1.77 bits per heavy atom. The molecule has 7 heteroatoms. The number of fused-ring (bicyclic) bond motifs is 1. The summed E-state index contributed by atoms with van der Waals surface area (Å²) in [5, 5.41) is 5.63. The SMILES string of the molecule is CN(C)CC1CCN(c2ccc(NC=C3C(=O)NC(=O)c4ccc(I)cc43)cc2)CC1. The van der Waals surface area contributed by atoms with Crippen molar-refractivity contribution in [2.75, 3.05) is 43.9 Å². The molecule has 1 saturated heterocycles. The highest BCUT2D eigenvalue weighted by atomic mass is 127. The van der Waals surface area contributed by atoms with Crippen molar-refractivity contribution < 1.29 is 9.59 Å². The summed E-state index contributed by atoms with van der Waals surface area (Å²) in [6.07, 6.45) is 4.12. The molecule has 162 valence electrons. The average molecular weight is 530 g/mol. The Labute approximate surface area is 196 Å². The predicted molar refractivity (Wildman–Crippen MR) is 133 cm³/mol. The van der Waals surface area contributed by atoms with Crippen molar-refractivity contribution in [3.05, 3.63) is 63.4 Å². The molecular weight excluding hydrogens is 503 g/mol. The minimum atomic E-state index is -0.385. The zero-order valence-electron chi connectivity index (χ0n) is 17.8. The lowest BCUT2D eigenvalue weighted by Gasteiger charge is -2.34. The molecule has 0 bridgehead atoms. The van der Waals surface area contributed by atoms with Crippen LogP contribution >= 0.6 is 22.6 Å². The molecule has 2 heterocycles. The van der Waals surface area contributed by atoms with Crippen molar-refractivity contribution in [1.82, 2.24) is 10.2 Å². The molecule has 2 aliphatic rings. The van der Waals surface area contributed by atoms with Crippen molar-refractivity contribution in [2.45, 2.75) is 12.8 Å². The van der Waals surface area contributed by atoms with Crippen molar-refractivity contribution in [3.8, 4) is 0 Å². The van der Waals surface area contributed by atoms with Crippen LogP contribution in [-0.4, -0.2) is 50.4 Å². The maximum absolute atomic E-state index is 12.4. The van der Waals surface area contributed by atoms with Crippen LogP contribution in [0, 0.1) is 9.49 Å². The Kier molecular flexibility index (Phi) is 6.62. The predicted octanol–water partition coefficient (Wildman–Crippen LogP) is 3.79. The van der Waals surface area contributed by atoms with Gasteiger partial charge in [-0.05, 0) is 97.9 Å². The van der Waals surface area contributed by atoms with E-state index in [1.807, 2.05) is 24.3 Å². The monoisotopic (exact) mass is 530 g/mol. The minimum absolute atomic E-state index is 0.354. The van der Waals surface area contributed by atoms with Gasteiger partial charge in [0.1, 0.15) is 0 Å². The molecule has 2 N–H and O–H groups in total. The quantitative estimate of drug-likeness (QED) is 0.350. The molecule has 0 saturated carbocycles. The van der Waals surface area contributed by atoms with Crippen LogP contribution in [-0.2, 0) is 4.79 Å². The zero-order valence-corrected chi connectivity index (χ0v) is 20.0. The number of carbonyl (C=O) groups excluding carboxylic acids is 2. The summed E-state index contributed by atoms with van der Waals surface area (Å²) < 4.78 is 0.975. The molecule has 2 amide bonds. The fraction of sp³-hybridized carbons (Fsp3) is 0.333. The van der Waals surface area contributed by atoms with E-state index < -0.39 is 0 Å². The zero-order chi connectivity index (χ0) is 22.0. The highest BCUT2D eigenvalue weighted by Crippen LogP contribution is 2.27. The van der Waals surface area contributed by atoms with Crippen molar-refractivity contribution in [1.29, 1.82) is 0 Å². The first kappa shape index (κ1) is 21.8. The van der Waals surface area contributed by atoms with Gasteiger partial charge in [0.2, 0.25) is 0 Å². The van der Waals surface area contributed by atoms with Gasteiger partial charge in [-0.15, -0.1) is 0 Å². The molecule has 0 unspecified atom stereocenters. The average Bonchev–Trinajstić information content (AvgIpc) is 2.74. The number of nitrogens with zero attached hydrogens (tertiary/aromatic N) is 2. The lowest BCUT2D eigenvalue weighted by molar-refractivity contribution is -0.114. The van der Waals surface area contributed by atoms with Crippen LogP contribution in [0.3, 0.4) is 0 Å². The number of hydrogen-bond donors (Lipinski definition) is 2. The van der Waals surface area contributed by atoms with Crippen LogP contribution in [0.4, 0.5) is 11.4 Å². The minimum Gasteiger partial charge on any atom is -0.372 e. The second-order valence-corrected chi connectivity index (χ2v) is 9.66. The number of halogens is 1. The van der Waals surface area contributed by atoms with E-state index >= 15 is 0 Å². The van der Waals surface area contributed by atoms with Crippen LogP contribution in [0.25, 0.3) is 5.57 Å². The number of nitrogens with one attached hydrogen (secondary N) is 2. The van der Waals surface area contributed by atoms with E-state index in [2.05, 4.69) is 69.3 Å². The van der Waals surface area contributed by atoms with E-state index in [4.69, 9.17) is 0 Å². The number of hydrogen-bond acceptors (Lipinski definition) is 5. The Balaban J connectivity index is 1.44. The lowest BCUT2D eigenvalue weighted by Crippen LogP contribution is -2.37. The van der Waals surface area contributed by atoms with Crippen molar-refractivity contribution in [2.24, 2.45) is 5.92 Å². The largest absolute Gasteiger partial charge is 0.372 e. The summed E-state index contributed by atoms with van der Waals surface area (Å²) in [5.74, 6) is 0.0368. The first-order chi connectivity index (χ1) is 14.9.